The Labute approximate surface area is 444 Å². The predicted molar refractivity (Wildman–Crippen MR) is 283 cm³/mol. The summed E-state index contributed by atoms with van der Waals surface area (Å²) in [5.41, 5.74) is 9.66. The molecule has 2 amide bonds. The Morgan fingerprint density at radius 2 is 1.75 bits per heavy atom. The summed E-state index contributed by atoms with van der Waals surface area (Å²) in [6, 6.07) is 7.24. The highest BCUT2D eigenvalue weighted by atomic mass is 32.1. The van der Waals surface area contributed by atoms with Crippen molar-refractivity contribution in [3.8, 4) is 22.5 Å². The molecule has 2 saturated carbocycles. The Morgan fingerprint density at radius 3 is 2.49 bits per heavy atom. The summed E-state index contributed by atoms with van der Waals surface area (Å²) in [6.07, 6.45) is 9.07. The van der Waals surface area contributed by atoms with Crippen LogP contribution in [0.4, 0.5) is 5.69 Å². The van der Waals surface area contributed by atoms with Gasteiger partial charge in [0.2, 0.25) is 0 Å². The van der Waals surface area contributed by atoms with Crippen LogP contribution in [0.5, 0.6) is 0 Å². The van der Waals surface area contributed by atoms with Crippen LogP contribution in [0.25, 0.3) is 33.4 Å². The quantitative estimate of drug-likeness (QED) is 0.166. The molecule has 9 aliphatic rings. The molecule has 2 aliphatic carbocycles. The first-order valence-corrected chi connectivity index (χ1v) is 28.7. The van der Waals surface area contributed by atoms with E-state index >= 15 is 4.79 Å². The fraction of sp³-hybridized carbons (Fsp3) is 0.661. The minimum atomic E-state index is -1.04. The van der Waals surface area contributed by atoms with Crippen molar-refractivity contribution >= 4 is 45.7 Å². The first kappa shape index (κ1) is 51.2. The molecule has 6 saturated heterocycles. The number of benzene rings is 1. The van der Waals surface area contributed by atoms with Crippen molar-refractivity contribution in [3.63, 3.8) is 0 Å². The number of hydrogen-bond acceptors (Lipinski definition) is 16. The number of cyclic esters (lactones) is 1. The second kappa shape index (κ2) is 21.3. The molecule has 1 aromatic carbocycles. The molecule has 13 rings (SSSR count). The largest absolute Gasteiger partial charge is 0.464 e. The lowest BCUT2D eigenvalue weighted by atomic mass is 9.74. The van der Waals surface area contributed by atoms with Crippen molar-refractivity contribution in [1.29, 1.82) is 0 Å². The summed E-state index contributed by atoms with van der Waals surface area (Å²) in [7, 11) is 1.74. The molecule has 0 unspecified atom stereocenters. The third-order valence-electron chi connectivity index (χ3n) is 17.3. The van der Waals surface area contributed by atoms with Crippen molar-refractivity contribution in [3.05, 3.63) is 52.1 Å². The van der Waals surface area contributed by atoms with E-state index in [9.17, 15) is 9.59 Å². The van der Waals surface area contributed by atoms with E-state index in [0.717, 1.165) is 95.4 Å². The summed E-state index contributed by atoms with van der Waals surface area (Å²) >= 11 is 1.50. The number of amides is 2. The van der Waals surface area contributed by atoms with Crippen LogP contribution in [-0.2, 0) is 55.8 Å². The number of anilines is 1. The van der Waals surface area contributed by atoms with Crippen LogP contribution in [0.1, 0.15) is 101 Å². The molecule has 10 heterocycles. The summed E-state index contributed by atoms with van der Waals surface area (Å²) in [5, 5.41) is 8.63. The van der Waals surface area contributed by atoms with Crippen molar-refractivity contribution < 1.29 is 42.8 Å². The molecule has 75 heavy (non-hydrogen) atoms. The standard InChI is InChI=1S/C56H75N9O9S/c1-35(69-4)47-42(27-39(31-57-47)62-16-14-61(15-17-62)38-8-9-38)49-43-30-55(2,3)34-73-53(67)44-6-5-13-65(60-44)52(66)48(59-54(68)56-28-36(29-56)32-74-56)50(63-18-23-71-24-19-63)51-58-45(33-75-51)37-7-10-46(41(43)26-37)64(49)20-25-72-40-11-21-70-22-12-40/h7,10,26-27,31,33,35-36,38,40,44,48,50,60H,5-6,8-9,11-25,28-30,32,34H2,1-4H3,(H,59,68)/t35-,36?,44-,48-,50-,56?/m0/s1. The zero-order valence-electron chi connectivity index (χ0n) is 44.2. The summed E-state index contributed by atoms with van der Waals surface area (Å²) in [4.78, 5) is 62.1. The molecule has 4 aromatic rings. The van der Waals surface area contributed by atoms with Crippen LogP contribution in [0.3, 0.4) is 0 Å². The summed E-state index contributed by atoms with van der Waals surface area (Å²) < 4.78 is 39.2. The number of piperazine rings is 1. The third-order valence-corrected chi connectivity index (χ3v) is 18.2. The van der Waals surface area contributed by atoms with Gasteiger partial charge in [0.1, 0.15) is 22.7 Å². The van der Waals surface area contributed by atoms with Gasteiger partial charge in [-0.15, -0.1) is 11.3 Å². The SMILES string of the molecule is CO[C@@H](C)c1ncc(N2CCN(C3CC3)CC2)cc1-c1c2c3cc(ccc3n1CCOC1CCOCC1)-c1csc(n1)[C@@H](N1CCOCC1)[C@H](NC(=O)C13CC(CO1)C3)C(=O)N1CCC[C@H](N1)C(=O)OCC(C)(C)C2. The maximum absolute atomic E-state index is 15.2. The average molecular weight is 1050 g/mol. The lowest BCUT2D eigenvalue weighted by Crippen LogP contribution is -2.65. The van der Waals surface area contributed by atoms with E-state index in [2.05, 4.69) is 80.4 Å². The van der Waals surface area contributed by atoms with Crippen LogP contribution in [0.15, 0.2) is 35.8 Å². The van der Waals surface area contributed by atoms with E-state index in [-0.39, 0.29) is 30.6 Å². The molecule has 0 radical (unpaired) electrons. The van der Waals surface area contributed by atoms with Gasteiger partial charge in [-0.05, 0) is 94.4 Å². The number of hydrogen-bond donors (Lipinski definition) is 2. The number of fused-ring (bicyclic) bond motifs is 7. The monoisotopic (exact) mass is 1050 g/mol. The first-order valence-electron chi connectivity index (χ1n) is 27.8. The number of thiazole rings is 1. The molecular weight excluding hydrogens is 975 g/mol. The number of aromatic nitrogens is 3. The number of carbonyl (C=O) groups is 3. The second-order valence-electron chi connectivity index (χ2n) is 23.1. The van der Waals surface area contributed by atoms with Gasteiger partial charge in [0.25, 0.3) is 11.8 Å². The van der Waals surface area contributed by atoms with Gasteiger partial charge in [-0.25, -0.2) is 10.4 Å². The molecular formula is C56H75N9O9S. The van der Waals surface area contributed by atoms with E-state index in [1.54, 1.807) is 7.11 Å². The van der Waals surface area contributed by atoms with E-state index in [0.29, 0.717) is 109 Å². The van der Waals surface area contributed by atoms with Gasteiger partial charge in [-0.2, -0.15) is 0 Å². The van der Waals surface area contributed by atoms with Crippen LogP contribution in [-0.4, -0.2) is 176 Å². The number of hydrazine groups is 1. The van der Waals surface area contributed by atoms with E-state index in [4.69, 9.17) is 38.4 Å². The van der Waals surface area contributed by atoms with Gasteiger partial charge in [-0.3, -0.25) is 34.2 Å². The van der Waals surface area contributed by atoms with Gasteiger partial charge in [0.05, 0.1) is 80.3 Å². The van der Waals surface area contributed by atoms with Crippen LogP contribution in [0.2, 0.25) is 0 Å². The highest BCUT2D eigenvalue weighted by molar-refractivity contribution is 7.10. The van der Waals surface area contributed by atoms with Gasteiger partial charge >= 0.3 is 5.97 Å². The average Bonchev–Trinajstić information content (AvgIpc) is 3.67. The van der Waals surface area contributed by atoms with Gasteiger partial charge in [-0.1, -0.05) is 19.9 Å². The lowest BCUT2D eigenvalue weighted by molar-refractivity contribution is -0.157. The number of carbonyl (C=O) groups excluding carboxylic acids is 3. The number of nitrogens with one attached hydrogen (secondary N) is 2. The van der Waals surface area contributed by atoms with E-state index < -0.39 is 35.1 Å². The topological polar surface area (TPSA) is 174 Å². The van der Waals surface area contributed by atoms with Crippen molar-refractivity contribution in [1.82, 2.24) is 40.1 Å². The Balaban J connectivity index is 1.00. The lowest BCUT2D eigenvalue weighted by Gasteiger charge is -2.42. The first-order chi connectivity index (χ1) is 36.4. The van der Waals surface area contributed by atoms with Crippen molar-refractivity contribution in [2.24, 2.45) is 11.3 Å². The molecule has 8 fully saturated rings. The molecule has 2 N–H and O–H groups in total. The number of morpholine rings is 1. The minimum Gasteiger partial charge on any atom is -0.464 e. The molecule has 4 atom stereocenters. The van der Waals surface area contributed by atoms with Gasteiger partial charge < -0.3 is 43.2 Å². The second-order valence-corrected chi connectivity index (χ2v) is 24.0. The highest BCUT2D eigenvalue weighted by Crippen LogP contribution is 2.49. The van der Waals surface area contributed by atoms with Crippen LogP contribution in [0, 0.1) is 11.3 Å². The third kappa shape index (κ3) is 10.4. The normalized spacial score (nSPS) is 28.5. The molecule has 3 aromatic heterocycles. The molecule has 8 bridgehead atoms. The fourth-order valence-corrected chi connectivity index (χ4v) is 13.8. The van der Waals surface area contributed by atoms with E-state index in [1.165, 1.54) is 29.2 Å². The molecule has 19 heteroatoms. The van der Waals surface area contributed by atoms with Crippen molar-refractivity contribution in [2.75, 3.05) is 104 Å². The fourth-order valence-electron chi connectivity index (χ4n) is 12.8. The maximum Gasteiger partial charge on any atom is 0.324 e. The molecule has 404 valence electrons. The number of rotatable bonds is 12. The van der Waals surface area contributed by atoms with Crippen LogP contribution >= 0.6 is 11.3 Å². The van der Waals surface area contributed by atoms with Crippen molar-refractivity contribution in [2.45, 2.75) is 127 Å². The maximum atomic E-state index is 15.2. The highest BCUT2D eigenvalue weighted by Gasteiger charge is 2.58. The Morgan fingerprint density at radius 1 is 0.960 bits per heavy atom. The predicted octanol–water partition coefficient (Wildman–Crippen LogP) is 5.67. The summed E-state index contributed by atoms with van der Waals surface area (Å²) in [5.74, 6) is -0.678. The zero-order chi connectivity index (χ0) is 51.4. The zero-order valence-corrected chi connectivity index (χ0v) is 45.0. The number of esters is 1. The number of nitrogens with zero attached hydrogens (tertiary/aromatic N) is 7. The Bertz CT molecular complexity index is 2730. The molecule has 18 nitrogen and oxygen atoms in total. The van der Waals surface area contributed by atoms with E-state index in [1.807, 2.05) is 6.20 Å². The number of pyridine rings is 1. The van der Waals surface area contributed by atoms with Crippen LogP contribution < -0.4 is 15.6 Å². The van der Waals surface area contributed by atoms with Gasteiger partial charge in [0, 0.05) is 112 Å². The molecule has 0 spiro atoms. The summed E-state index contributed by atoms with van der Waals surface area (Å²) in [6.45, 7) is 15.9. The number of ether oxygens (including phenoxy) is 6. The number of methoxy groups -OCH3 is 1. The smallest absolute Gasteiger partial charge is 0.324 e. The Hall–Kier alpha value is -4.57. The Kier molecular flexibility index (Phi) is 14.6. The van der Waals surface area contributed by atoms with Gasteiger partial charge in [0.15, 0.2) is 0 Å². The molecule has 7 aliphatic heterocycles. The minimum absolute atomic E-state index is 0.124.